The minimum Gasteiger partial charge on any atom is -0.375 e. The number of anilines is 2. The second-order valence-electron chi connectivity index (χ2n) is 2.84. The van der Waals surface area contributed by atoms with E-state index in [1.54, 1.807) is 18.2 Å². The maximum Gasteiger partial charge on any atom is 0.274 e. The fourth-order valence-electron chi connectivity index (χ4n) is 1.01. The Bertz CT molecular complexity index is 579. The minimum atomic E-state index is -3.63. The topological polar surface area (TPSA) is 98.0 Å². The molecule has 3 N–H and O–H groups in total. The molecule has 0 saturated heterocycles. The molecule has 0 atom stereocenters. The van der Waals surface area contributed by atoms with Gasteiger partial charge in [0.25, 0.3) is 10.0 Å². The Labute approximate surface area is 96.2 Å². The van der Waals surface area contributed by atoms with Crippen LogP contribution in [-0.2, 0) is 10.0 Å². The van der Waals surface area contributed by atoms with Crippen molar-refractivity contribution in [3.8, 4) is 0 Å². The number of pyridine rings is 1. The molecule has 2 aromatic rings. The normalized spacial score (nSPS) is 11.2. The van der Waals surface area contributed by atoms with Crippen LogP contribution in [0.4, 0.5) is 10.9 Å². The zero-order chi connectivity index (χ0) is 11.6. The van der Waals surface area contributed by atoms with Gasteiger partial charge in [-0.25, -0.2) is 18.4 Å². The number of aromatic nitrogens is 2. The second-order valence-corrected chi connectivity index (χ2v) is 5.81. The van der Waals surface area contributed by atoms with Crippen molar-refractivity contribution < 1.29 is 8.42 Å². The lowest BCUT2D eigenvalue weighted by molar-refractivity contribution is 0.603. The molecule has 0 bridgehead atoms. The van der Waals surface area contributed by atoms with E-state index in [1.807, 2.05) is 0 Å². The Kier molecular flexibility index (Phi) is 2.75. The van der Waals surface area contributed by atoms with Gasteiger partial charge in [-0.15, -0.1) is 0 Å². The lowest BCUT2D eigenvalue weighted by Gasteiger charge is -2.03. The van der Waals surface area contributed by atoms with Gasteiger partial charge in [0, 0.05) is 6.20 Å². The molecule has 0 amide bonds. The summed E-state index contributed by atoms with van der Waals surface area (Å²) in [5, 5.41) is 0.210. The quantitative estimate of drug-likeness (QED) is 0.851. The van der Waals surface area contributed by atoms with Gasteiger partial charge in [0.15, 0.2) is 9.34 Å². The van der Waals surface area contributed by atoms with Crippen molar-refractivity contribution in [3.63, 3.8) is 0 Å². The lowest BCUT2D eigenvalue weighted by atomic mass is 10.5. The molecular weight excluding hydrogens is 248 g/mol. The summed E-state index contributed by atoms with van der Waals surface area (Å²) in [7, 11) is -3.63. The minimum absolute atomic E-state index is 0.0654. The molecule has 0 aliphatic carbocycles. The van der Waals surface area contributed by atoms with Crippen LogP contribution in [0.2, 0.25) is 0 Å². The molecule has 8 heteroatoms. The Balaban J connectivity index is 2.28. The van der Waals surface area contributed by atoms with E-state index in [0.29, 0.717) is 0 Å². The van der Waals surface area contributed by atoms with E-state index in [2.05, 4.69) is 14.7 Å². The number of thiazole rings is 1. The predicted octanol–water partition coefficient (Wildman–Crippen LogP) is 0.921. The van der Waals surface area contributed by atoms with Crippen LogP contribution in [0, 0.1) is 0 Å². The van der Waals surface area contributed by atoms with Gasteiger partial charge in [-0.2, -0.15) is 0 Å². The van der Waals surface area contributed by atoms with E-state index in [4.69, 9.17) is 5.73 Å². The number of nitrogens with two attached hydrogens (primary N) is 1. The van der Waals surface area contributed by atoms with Gasteiger partial charge in [0.05, 0.1) is 6.20 Å². The fourth-order valence-corrected chi connectivity index (χ4v) is 2.93. The van der Waals surface area contributed by atoms with E-state index in [1.165, 1.54) is 12.4 Å². The Morgan fingerprint density at radius 3 is 2.69 bits per heavy atom. The standard InChI is InChI=1S/C8H8N4O2S2/c9-8-11-5-7(15-8)16(13,14)12-6-3-1-2-4-10-6/h1-5H,(H2,9,11)(H,10,12). The van der Waals surface area contributed by atoms with E-state index in [-0.39, 0.29) is 15.2 Å². The lowest BCUT2D eigenvalue weighted by Crippen LogP contribution is -2.12. The van der Waals surface area contributed by atoms with Crippen molar-refractivity contribution >= 4 is 32.3 Å². The number of nitrogens with one attached hydrogen (secondary N) is 1. The average molecular weight is 256 g/mol. The SMILES string of the molecule is Nc1ncc(S(=O)(=O)Nc2ccccn2)s1. The molecule has 0 unspecified atom stereocenters. The highest BCUT2D eigenvalue weighted by atomic mass is 32.2. The largest absolute Gasteiger partial charge is 0.375 e. The summed E-state index contributed by atoms with van der Waals surface area (Å²) in [5.41, 5.74) is 5.37. The molecule has 84 valence electrons. The van der Waals surface area contributed by atoms with Crippen molar-refractivity contribution in [2.45, 2.75) is 4.21 Å². The van der Waals surface area contributed by atoms with Gasteiger partial charge in [0.1, 0.15) is 5.82 Å². The molecule has 0 aromatic carbocycles. The number of nitrogen functional groups attached to an aromatic ring is 1. The Hall–Kier alpha value is -1.67. The van der Waals surface area contributed by atoms with Crippen LogP contribution in [0.5, 0.6) is 0 Å². The molecule has 16 heavy (non-hydrogen) atoms. The van der Waals surface area contributed by atoms with Crippen molar-refractivity contribution in [3.05, 3.63) is 30.6 Å². The number of rotatable bonds is 3. The van der Waals surface area contributed by atoms with Crippen molar-refractivity contribution in [2.75, 3.05) is 10.5 Å². The Morgan fingerprint density at radius 1 is 1.31 bits per heavy atom. The first-order chi connectivity index (χ1) is 7.58. The zero-order valence-corrected chi connectivity index (χ0v) is 9.62. The zero-order valence-electron chi connectivity index (χ0n) is 7.99. The van der Waals surface area contributed by atoms with Crippen molar-refractivity contribution in [1.29, 1.82) is 0 Å². The van der Waals surface area contributed by atoms with Crippen molar-refractivity contribution in [1.82, 2.24) is 9.97 Å². The highest BCUT2D eigenvalue weighted by molar-refractivity contribution is 7.94. The monoisotopic (exact) mass is 256 g/mol. The molecular formula is C8H8N4O2S2. The van der Waals surface area contributed by atoms with Gasteiger partial charge < -0.3 is 5.73 Å². The van der Waals surface area contributed by atoms with Crippen LogP contribution in [0.15, 0.2) is 34.8 Å². The molecule has 2 rings (SSSR count). The molecule has 0 aliphatic heterocycles. The summed E-state index contributed by atoms with van der Waals surface area (Å²) < 4.78 is 25.9. The number of sulfonamides is 1. The molecule has 0 saturated carbocycles. The third-order valence-electron chi connectivity index (χ3n) is 1.67. The number of nitrogens with zero attached hydrogens (tertiary/aromatic N) is 2. The predicted molar refractivity (Wildman–Crippen MR) is 61.6 cm³/mol. The molecule has 2 heterocycles. The molecule has 6 nitrogen and oxygen atoms in total. The molecule has 0 radical (unpaired) electrons. The molecule has 2 aromatic heterocycles. The third-order valence-corrected chi connectivity index (χ3v) is 4.31. The summed E-state index contributed by atoms with van der Waals surface area (Å²) in [5.74, 6) is 0.259. The van der Waals surface area contributed by atoms with Gasteiger partial charge in [-0.05, 0) is 12.1 Å². The second kappa shape index (κ2) is 4.06. The highest BCUT2D eigenvalue weighted by Gasteiger charge is 2.17. The number of hydrogen-bond donors (Lipinski definition) is 2. The van der Waals surface area contributed by atoms with Gasteiger partial charge in [-0.3, -0.25) is 4.72 Å². The summed E-state index contributed by atoms with van der Waals surface area (Å²) >= 11 is 0.902. The average Bonchev–Trinajstić information content (AvgIpc) is 2.66. The summed E-state index contributed by atoms with van der Waals surface area (Å²) in [6.07, 6.45) is 2.71. The van der Waals surface area contributed by atoms with Crippen molar-refractivity contribution in [2.24, 2.45) is 0 Å². The van der Waals surface area contributed by atoms with E-state index in [0.717, 1.165) is 11.3 Å². The Morgan fingerprint density at radius 2 is 2.12 bits per heavy atom. The first kappa shape index (κ1) is 10.8. The van der Waals surface area contributed by atoms with Gasteiger partial charge >= 0.3 is 0 Å². The molecule has 0 spiro atoms. The van der Waals surface area contributed by atoms with Crippen LogP contribution in [0.25, 0.3) is 0 Å². The third kappa shape index (κ3) is 2.28. The van der Waals surface area contributed by atoms with Gasteiger partial charge in [-0.1, -0.05) is 17.4 Å². The number of hydrogen-bond acceptors (Lipinski definition) is 6. The van der Waals surface area contributed by atoms with Crippen LogP contribution in [0.3, 0.4) is 0 Å². The summed E-state index contributed by atoms with van der Waals surface area (Å²) in [4.78, 5) is 7.54. The first-order valence-electron chi connectivity index (χ1n) is 4.23. The van der Waals surface area contributed by atoms with E-state index in [9.17, 15) is 8.42 Å². The molecule has 0 fully saturated rings. The van der Waals surface area contributed by atoms with Crippen LogP contribution in [0.1, 0.15) is 0 Å². The molecule has 0 aliphatic rings. The fraction of sp³-hybridized carbons (Fsp3) is 0. The smallest absolute Gasteiger partial charge is 0.274 e. The summed E-state index contributed by atoms with van der Waals surface area (Å²) in [6, 6.07) is 4.94. The van der Waals surface area contributed by atoms with E-state index >= 15 is 0 Å². The van der Waals surface area contributed by atoms with E-state index < -0.39 is 10.0 Å². The van der Waals surface area contributed by atoms with Crippen LogP contribution >= 0.6 is 11.3 Å². The summed E-state index contributed by atoms with van der Waals surface area (Å²) in [6.45, 7) is 0. The van der Waals surface area contributed by atoms with Crippen LogP contribution in [-0.4, -0.2) is 18.4 Å². The maximum atomic E-state index is 11.8. The highest BCUT2D eigenvalue weighted by Crippen LogP contribution is 2.21. The maximum absolute atomic E-state index is 11.8. The van der Waals surface area contributed by atoms with Gasteiger partial charge in [0.2, 0.25) is 0 Å². The first-order valence-corrected chi connectivity index (χ1v) is 6.53. The van der Waals surface area contributed by atoms with Crippen LogP contribution < -0.4 is 10.5 Å².